The average molecular weight is 260 g/mol. The summed E-state index contributed by atoms with van der Waals surface area (Å²) in [6, 6.07) is 6.44. The molecule has 0 radical (unpaired) electrons. The van der Waals surface area contributed by atoms with Gasteiger partial charge in [0.15, 0.2) is 0 Å². The van der Waals surface area contributed by atoms with Crippen molar-refractivity contribution in [3.8, 4) is 5.75 Å². The van der Waals surface area contributed by atoms with Crippen LogP contribution in [-0.2, 0) is 6.54 Å². The number of benzene rings is 1. The van der Waals surface area contributed by atoms with Crippen molar-refractivity contribution >= 4 is 11.0 Å². The molecule has 2 heterocycles. The number of phenols is 1. The number of piperazine rings is 1. The summed E-state index contributed by atoms with van der Waals surface area (Å²) in [7, 11) is 0. The van der Waals surface area contributed by atoms with Crippen LogP contribution in [0, 0.1) is 0 Å². The van der Waals surface area contributed by atoms with E-state index in [-0.39, 0.29) is 11.4 Å². The van der Waals surface area contributed by atoms with E-state index in [2.05, 4.69) is 10.2 Å². The van der Waals surface area contributed by atoms with Crippen LogP contribution in [0.15, 0.2) is 33.5 Å². The monoisotopic (exact) mass is 260 g/mol. The molecule has 1 fully saturated rings. The maximum atomic E-state index is 11.6. The maximum Gasteiger partial charge on any atom is 0.336 e. The third kappa shape index (κ3) is 2.62. The highest BCUT2D eigenvalue weighted by molar-refractivity contribution is 5.81. The predicted octanol–water partition coefficient (Wildman–Crippen LogP) is 0.904. The van der Waals surface area contributed by atoms with Crippen molar-refractivity contribution < 1.29 is 9.52 Å². The highest BCUT2D eigenvalue weighted by Crippen LogP contribution is 2.22. The quantitative estimate of drug-likeness (QED) is 0.786. The van der Waals surface area contributed by atoms with Gasteiger partial charge in [-0.25, -0.2) is 4.79 Å². The lowest BCUT2D eigenvalue weighted by molar-refractivity contribution is 0.233. The summed E-state index contributed by atoms with van der Waals surface area (Å²) in [5, 5.41) is 13.6. The minimum atomic E-state index is -0.372. The van der Waals surface area contributed by atoms with E-state index < -0.39 is 0 Å². The lowest BCUT2D eigenvalue weighted by Crippen LogP contribution is -2.43. The van der Waals surface area contributed by atoms with Crippen LogP contribution in [0.4, 0.5) is 0 Å². The molecular weight excluding hydrogens is 244 g/mol. The number of nitrogens with zero attached hydrogens (tertiary/aromatic N) is 1. The first-order valence-corrected chi connectivity index (χ1v) is 6.41. The number of rotatable bonds is 2. The fourth-order valence-electron chi connectivity index (χ4n) is 2.46. The highest BCUT2D eigenvalue weighted by atomic mass is 16.4. The normalized spacial score (nSPS) is 16.8. The summed E-state index contributed by atoms with van der Waals surface area (Å²) in [5.74, 6) is 0.106. The molecule has 0 unspecified atom stereocenters. The molecule has 2 aromatic rings. The Morgan fingerprint density at radius 1 is 1.26 bits per heavy atom. The molecule has 1 aliphatic rings. The summed E-state index contributed by atoms with van der Waals surface area (Å²) in [5.41, 5.74) is 1.02. The van der Waals surface area contributed by atoms with E-state index in [1.807, 2.05) is 0 Å². The molecule has 1 aromatic carbocycles. The standard InChI is InChI=1S/C14H16N2O3/c17-11-1-2-12-10(7-14(18)19-13(12)8-11)9-16-5-3-15-4-6-16/h1-2,7-8,15,17H,3-6,9H2. The third-order valence-corrected chi connectivity index (χ3v) is 3.42. The Labute approximate surface area is 110 Å². The molecule has 5 nitrogen and oxygen atoms in total. The summed E-state index contributed by atoms with van der Waals surface area (Å²) >= 11 is 0. The van der Waals surface area contributed by atoms with Gasteiger partial charge in [-0.2, -0.15) is 0 Å². The number of fused-ring (bicyclic) bond motifs is 1. The van der Waals surface area contributed by atoms with E-state index in [1.165, 1.54) is 6.07 Å². The van der Waals surface area contributed by atoms with E-state index in [0.717, 1.165) is 43.7 Å². The first-order chi connectivity index (χ1) is 9.22. The smallest absolute Gasteiger partial charge is 0.336 e. The molecule has 3 rings (SSSR count). The summed E-state index contributed by atoms with van der Waals surface area (Å²) in [6.45, 7) is 4.62. The number of phenolic OH excluding ortho intramolecular Hbond substituents is 1. The zero-order chi connectivity index (χ0) is 13.2. The molecule has 0 bridgehead atoms. The van der Waals surface area contributed by atoms with Crippen molar-refractivity contribution in [1.29, 1.82) is 0 Å². The lowest BCUT2D eigenvalue weighted by Gasteiger charge is -2.27. The molecule has 1 aromatic heterocycles. The van der Waals surface area contributed by atoms with Crippen molar-refractivity contribution in [3.05, 3.63) is 40.2 Å². The van der Waals surface area contributed by atoms with Crippen LogP contribution in [-0.4, -0.2) is 36.2 Å². The van der Waals surface area contributed by atoms with E-state index >= 15 is 0 Å². The average Bonchev–Trinajstić information content (AvgIpc) is 2.39. The van der Waals surface area contributed by atoms with E-state index in [1.54, 1.807) is 18.2 Å². The maximum absolute atomic E-state index is 11.6. The first-order valence-electron chi connectivity index (χ1n) is 6.41. The Balaban J connectivity index is 1.99. The predicted molar refractivity (Wildman–Crippen MR) is 72.3 cm³/mol. The van der Waals surface area contributed by atoms with Crippen molar-refractivity contribution in [3.63, 3.8) is 0 Å². The number of nitrogens with one attached hydrogen (secondary N) is 1. The molecule has 5 heteroatoms. The zero-order valence-electron chi connectivity index (χ0n) is 10.6. The molecule has 100 valence electrons. The Kier molecular flexibility index (Phi) is 3.23. The molecule has 1 saturated heterocycles. The van der Waals surface area contributed by atoms with E-state index in [0.29, 0.717) is 5.58 Å². The van der Waals surface area contributed by atoms with Gasteiger partial charge >= 0.3 is 5.63 Å². The Morgan fingerprint density at radius 2 is 2.05 bits per heavy atom. The summed E-state index contributed by atoms with van der Waals surface area (Å²) < 4.78 is 5.13. The van der Waals surface area contributed by atoms with Crippen molar-refractivity contribution in [2.45, 2.75) is 6.54 Å². The van der Waals surface area contributed by atoms with E-state index in [4.69, 9.17) is 4.42 Å². The Bertz CT molecular complexity index is 645. The minimum Gasteiger partial charge on any atom is -0.508 e. The molecule has 19 heavy (non-hydrogen) atoms. The van der Waals surface area contributed by atoms with Crippen LogP contribution in [0.2, 0.25) is 0 Å². The Hall–Kier alpha value is -1.85. The highest BCUT2D eigenvalue weighted by Gasteiger charge is 2.13. The van der Waals surface area contributed by atoms with Gasteiger partial charge in [0.1, 0.15) is 11.3 Å². The van der Waals surface area contributed by atoms with Crippen LogP contribution < -0.4 is 10.9 Å². The third-order valence-electron chi connectivity index (χ3n) is 3.42. The van der Waals surface area contributed by atoms with Gasteiger partial charge < -0.3 is 14.8 Å². The first kappa shape index (κ1) is 12.2. The minimum absolute atomic E-state index is 0.106. The number of hydrogen-bond donors (Lipinski definition) is 2. The molecule has 0 saturated carbocycles. The van der Waals surface area contributed by atoms with Crippen LogP contribution in [0.1, 0.15) is 5.56 Å². The van der Waals surface area contributed by atoms with Crippen LogP contribution >= 0.6 is 0 Å². The van der Waals surface area contributed by atoms with Gasteiger partial charge in [-0.05, 0) is 17.7 Å². The summed E-state index contributed by atoms with van der Waals surface area (Å²) in [4.78, 5) is 13.9. The van der Waals surface area contributed by atoms with Gasteiger partial charge in [-0.3, -0.25) is 4.90 Å². The fraction of sp³-hybridized carbons (Fsp3) is 0.357. The number of aromatic hydroxyl groups is 1. The second kappa shape index (κ2) is 5.03. The van der Waals surface area contributed by atoms with Gasteiger partial charge in [-0.15, -0.1) is 0 Å². The fourth-order valence-corrected chi connectivity index (χ4v) is 2.46. The lowest BCUT2D eigenvalue weighted by atomic mass is 10.1. The number of hydrogen-bond acceptors (Lipinski definition) is 5. The van der Waals surface area contributed by atoms with Gasteiger partial charge in [0, 0.05) is 50.2 Å². The van der Waals surface area contributed by atoms with Crippen molar-refractivity contribution in [1.82, 2.24) is 10.2 Å². The molecule has 2 N–H and O–H groups in total. The molecule has 1 aliphatic heterocycles. The van der Waals surface area contributed by atoms with Gasteiger partial charge in [0.05, 0.1) is 0 Å². The largest absolute Gasteiger partial charge is 0.508 e. The van der Waals surface area contributed by atoms with Gasteiger partial charge in [-0.1, -0.05) is 0 Å². The topological polar surface area (TPSA) is 65.7 Å². The molecular formula is C14H16N2O3. The Morgan fingerprint density at radius 3 is 2.84 bits per heavy atom. The van der Waals surface area contributed by atoms with Crippen LogP contribution in [0.5, 0.6) is 5.75 Å². The second-order valence-corrected chi connectivity index (χ2v) is 4.80. The van der Waals surface area contributed by atoms with Crippen LogP contribution in [0.3, 0.4) is 0 Å². The SMILES string of the molecule is O=c1cc(CN2CCNCC2)c2ccc(O)cc2o1. The molecule has 0 amide bonds. The van der Waals surface area contributed by atoms with Crippen molar-refractivity contribution in [2.75, 3.05) is 26.2 Å². The van der Waals surface area contributed by atoms with Crippen molar-refractivity contribution in [2.24, 2.45) is 0 Å². The van der Waals surface area contributed by atoms with Crippen LogP contribution in [0.25, 0.3) is 11.0 Å². The molecule has 0 spiro atoms. The summed E-state index contributed by atoms with van der Waals surface area (Å²) in [6.07, 6.45) is 0. The molecule has 0 atom stereocenters. The molecule has 0 aliphatic carbocycles. The second-order valence-electron chi connectivity index (χ2n) is 4.80. The van der Waals surface area contributed by atoms with E-state index in [9.17, 15) is 9.90 Å². The van der Waals surface area contributed by atoms with Gasteiger partial charge in [0.25, 0.3) is 0 Å². The van der Waals surface area contributed by atoms with Gasteiger partial charge in [0.2, 0.25) is 0 Å². The zero-order valence-corrected chi connectivity index (χ0v) is 10.6.